The van der Waals surface area contributed by atoms with Crippen LogP contribution in [0.5, 0.6) is 0 Å². The molecule has 0 saturated carbocycles. The fourth-order valence-corrected chi connectivity index (χ4v) is 2.56. The Balaban J connectivity index is 1.77. The highest BCUT2D eigenvalue weighted by molar-refractivity contribution is 6.35. The second kappa shape index (κ2) is 8.46. The van der Waals surface area contributed by atoms with Gasteiger partial charge in [0.15, 0.2) is 0 Å². The SMILES string of the molecule is CC(C)NC(=O)C(=O)NCC(=O)N1CCN(c2cccc(F)c2)CC1. The molecule has 1 aromatic carbocycles. The van der Waals surface area contributed by atoms with Crippen molar-refractivity contribution in [3.63, 3.8) is 0 Å². The van der Waals surface area contributed by atoms with Gasteiger partial charge in [-0.2, -0.15) is 0 Å². The van der Waals surface area contributed by atoms with Crippen LogP contribution in [0.4, 0.5) is 10.1 Å². The van der Waals surface area contributed by atoms with Gasteiger partial charge in [0, 0.05) is 37.9 Å². The van der Waals surface area contributed by atoms with Crippen LogP contribution in [0.1, 0.15) is 13.8 Å². The summed E-state index contributed by atoms with van der Waals surface area (Å²) in [6.45, 7) is 5.38. The number of carbonyl (C=O) groups is 3. The molecule has 2 rings (SSSR count). The third-order valence-corrected chi connectivity index (χ3v) is 3.83. The first-order valence-electron chi connectivity index (χ1n) is 8.24. The van der Waals surface area contributed by atoms with Crippen molar-refractivity contribution >= 4 is 23.4 Å². The van der Waals surface area contributed by atoms with Crippen molar-refractivity contribution in [3.8, 4) is 0 Å². The molecule has 1 heterocycles. The standard InChI is InChI=1S/C17H23FN4O3/c1-12(2)20-17(25)16(24)19-11-15(23)22-8-6-21(7-9-22)14-5-3-4-13(18)10-14/h3-5,10,12H,6-9,11H2,1-2H3,(H,19,24)(H,20,25). The zero-order valence-corrected chi connectivity index (χ0v) is 14.4. The number of benzene rings is 1. The second-order valence-corrected chi connectivity index (χ2v) is 6.16. The summed E-state index contributed by atoms with van der Waals surface area (Å²) in [5.74, 6) is -2.11. The van der Waals surface area contributed by atoms with E-state index in [1.54, 1.807) is 24.8 Å². The van der Waals surface area contributed by atoms with Crippen LogP contribution >= 0.6 is 0 Å². The van der Waals surface area contributed by atoms with Gasteiger partial charge in [-0.05, 0) is 32.0 Å². The van der Waals surface area contributed by atoms with Gasteiger partial charge in [-0.25, -0.2) is 4.39 Å². The van der Waals surface area contributed by atoms with E-state index in [1.165, 1.54) is 12.1 Å². The summed E-state index contributed by atoms with van der Waals surface area (Å²) in [5, 5.41) is 4.79. The Kier molecular flexibility index (Phi) is 6.32. The summed E-state index contributed by atoms with van der Waals surface area (Å²) < 4.78 is 13.3. The summed E-state index contributed by atoms with van der Waals surface area (Å²) in [7, 11) is 0. The zero-order chi connectivity index (χ0) is 18.4. The van der Waals surface area contributed by atoms with Crippen molar-refractivity contribution in [2.75, 3.05) is 37.6 Å². The van der Waals surface area contributed by atoms with Crippen LogP contribution < -0.4 is 15.5 Å². The molecule has 0 aliphatic carbocycles. The molecule has 0 unspecified atom stereocenters. The van der Waals surface area contributed by atoms with E-state index in [-0.39, 0.29) is 24.3 Å². The third kappa shape index (κ3) is 5.44. The third-order valence-electron chi connectivity index (χ3n) is 3.83. The molecule has 1 aliphatic rings. The van der Waals surface area contributed by atoms with Gasteiger partial charge in [-0.3, -0.25) is 14.4 Å². The number of amides is 3. The van der Waals surface area contributed by atoms with E-state index in [0.717, 1.165) is 5.69 Å². The van der Waals surface area contributed by atoms with Crippen LogP contribution in [0, 0.1) is 5.82 Å². The predicted molar refractivity (Wildman–Crippen MR) is 91.5 cm³/mol. The molecule has 8 heteroatoms. The molecule has 0 aromatic heterocycles. The Bertz CT molecular complexity index is 643. The Labute approximate surface area is 146 Å². The minimum absolute atomic E-state index is 0.148. The van der Waals surface area contributed by atoms with Crippen LogP contribution in [-0.2, 0) is 14.4 Å². The molecule has 1 fully saturated rings. The lowest BCUT2D eigenvalue weighted by molar-refractivity contribution is -0.140. The maximum absolute atomic E-state index is 13.3. The summed E-state index contributed by atoms with van der Waals surface area (Å²) >= 11 is 0. The molecule has 1 saturated heterocycles. The topological polar surface area (TPSA) is 81.8 Å². The van der Waals surface area contributed by atoms with E-state index in [2.05, 4.69) is 10.6 Å². The number of hydrogen-bond donors (Lipinski definition) is 2. The number of nitrogens with one attached hydrogen (secondary N) is 2. The number of anilines is 1. The maximum atomic E-state index is 13.3. The molecule has 2 N–H and O–H groups in total. The van der Waals surface area contributed by atoms with Crippen molar-refractivity contribution in [3.05, 3.63) is 30.1 Å². The molecule has 1 aliphatic heterocycles. The van der Waals surface area contributed by atoms with Crippen molar-refractivity contribution in [2.24, 2.45) is 0 Å². The minimum atomic E-state index is -0.819. The summed E-state index contributed by atoms with van der Waals surface area (Å²) in [6.07, 6.45) is 0. The van der Waals surface area contributed by atoms with Gasteiger partial charge < -0.3 is 20.4 Å². The van der Waals surface area contributed by atoms with Crippen molar-refractivity contribution in [1.82, 2.24) is 15.5 Å². The van der Waals surface area contributed by atoms with Gasteiger partial charge in [0.2, 0.25) is 5.91 Å². The zero-order valence-electron chi connectivity index (χ0n) is 14.4. The molecule has 25 heavy (non-hydrogen) atoms. The minimum Gasteiger partial charge on any atom is -0.368 e. The van der Waals surface area contributed by atoms with Gasteiger partial charge in [-0.15, -0.1) is 0 Å². The number of rotatable bonds is 4. The average molecular weight is 350 g/mol. The molecule has 136 valence electrons. The van der Waals surface area contributed by atoms with E-state index >= 15 is 0 Å². The second-order valence-electron chi connectivity index (χ2n) is 6.16. The quantitative estimate of drug-likeness (QED) is 0.756. The molecule has 3 amide bonds. The lowest BCUT2D eigenvalue weighted by atomic mass is 10.2. The number of hydrogen-bond acceptors (Lipinski definition) is 4. The normalized spacial score (nSPS) is 14.4. The highest BCUT2D eigenvalue weighted by Crippen LogP contribution is 2.17. The first-order chi connectivity index (χ1) is 11.9. The van der Waals surface area contributed by atoms with Gasteiger partial charge in [0.25, 0.3) is 0 Å². The molecule has 0 bridgehead atoms. The van der Waals surface area contributed by atoms with Crippen molar-refractivity contribution < 1.29 is 18.8 Å². The van der Waals surface area contributed by atoms with Gasteiger partial charge >= 0.3 is 11.8 Å². The van der Waals surface area contributed by atoms with E-state index < -0.39 is 11.8 Å². The number of halogens is 1. The smallest absolute Gasteiger partial charge is 0.309 e. The van der Waals surface area contributed by atoms with Crippen molar-refractivity contribution in [2.45, 2.75) is 19.9 Å². The van der Waals surface area contributed by atoms with Crippen LogP contribution in [0.3, 0.4) is 0 Å². The van der Waals surface area contributed by atoms with Gasteiger partial charge in [-0.1, -0.05) is 6.07 Å². The van der Waals surface area contributed by atoms with Crippen LogP contribution in [0.25, 0.3) is 0 Å². The average Bonchev–Trinajstić information content (AvgIpc) is 2.59. The molecule has 1 aromatic rings. The lowest BCUT2D eigenvalue weighted by Crippen LogP contribution is -2.52. The van der Waals surface area contributed by atoms with Crippen LogP contribution in [0.2, 0.25) is 0 Å². The lowest BCUT2D eigenvalue weighted by Gasteiger charge is -2.36. The van der Waals surface area contributed by atoms with Crippen LogP contribution in [0.15, 0.2) is 24.3 Å². The maximum Gasteiger partial charge on any atom is 0.309 e. The highest BCUT2D eigenvalue weighted by atomic mass is 19.1. The molecule has 0 spiro atoms. The Morgan fingerprint density at radius 3 is 2.40 bits per heavy atom. The first-order valence-corrected chi connectivity index (χ1v) is 8.24. The van der Waals surface area contributed by atoms with Gasteiger partial charge in [0.1, 0.15) is 5.82 Å². The molecule has 0 atom stereocenters. The summed E-state index contributed by atoms with van der Waals surface area (Å²) in [6, 6.07) is 6.19. The monoisotopic (exact) mass is 350 g/mol. The first kappa shape index (κ1) is 18.7. The molecule has 0 radical (unpaired) electrons. The molecular weight excluding hydrogens is 327 g/mol. The fourth-order valence-electron chi connectivity index (χ4n) is 2.56. The Morgan fingerprint density at radius 1 is 1.12 bits per heavy atom. The van der Waals surface area contributed by atoms with Gasteiger partial charge in [0.05, 0.1) is 6.54 Å². The molecular formula is C17H23FN4O3. The number of nitrogens with zero attached hydrogens (tertiary/aromatic N) is 2. The highest BCUT2D eigenvalue weighted by Gasteiger charge is 2.23. The fraction of sp³-hybridized carbons (Fsp3) is 0.471. The van der Waals surface area contributed by atoms with E-state index in [9.17, 15) is 18.8 Å². The van der Waals surface area contributed by atoms with E-state index in [1.807, 2.05) is 11.0 Å². The van der Waals surface area contributed by atoms with Crippen LogP contribution in [-0.4, -0.2) is 61.4 Å². The van der Waals surface area contributed by atoms with Crippen molar-refractivity contribution in [1.29, 1.82) is 0 Å². The van der Waals surface area contributed by atoms with E-state index in [0.29, 0.717) is 26.2 Å². The molecule has 7 nitrogen and oxygen atoms in total. The van der Waals surface area contributed by atoms with E-state index in [4.69, 9.17) is 0 Å². The Hall–Kier alpha value is -2.64. The predicted octanol–water partition coefficient (Wildman–Crippen LogP) is 0.115. The summed E-state index contributed by atoms with van der Waals surface area (Å²) in [5.41, 5.74) is 0.783. The summed E-state index contributed by atoms with van der Waals surface area (Å²) in [4.78, 5) is 38.8. The largest absolute Gasteiger partial charge is 0.368 e. The number of carbonyl (C=O) groups excluding carboxylic acids is 3. The number of piperazine rings is 1. The Morgan fingerprint density at radius 2 is 1.80 bits per heavy atom.